The molecule has 35 heavy (non-hydrogen) atoms. The maximum absolute atomic E-state index is 13.8. The zero-order valence-electron chi connectivity index (χ0n) is 19.8. The van der Waals surface area contributed by atoms with Crippen molar-refractivity contribution >= 4 is 40.6 Å². The highest BCUT2D eigenvalue weighted by Gasteiger charge is 2.37. The predicted octanol–water partition coefficient (Wildman–Crippen LogP) is 3.37. The number of nitrogens with two attached hydrogens (primary N) is 2. The number of carbonyl (C=O) groups excluding carboxylic acids is 3. The number of furan rings is 1. The molecule has 10 nitrogen and oxygen atoms in total. The quantitative estimate of drug-likeness (QED) is 0.365. The Balaban J connectivity index is 2.09. The first kappa shape index (κ1) is 25.8. The number of nitrogens with zero attached hydrogens (tertiary/aromatic N) is 2. The van der Waals surface area contributed by atoms with Crippen molar-refractivity contribution in [1.82, 2.24) is 9.69 Å². The number of hydrogen-bond acceptors (Lipinski definition) is 8. The Morgan fingerprint density at radius 1 is 1.20 bits per heavy atom. The standard InChI is InChI=1S/C24H29N5O5S/c1-4-33-16-9-7-15(8-10-16)29(24(32)21-18(25)19(22(26)30)28-35-21)20(17-6-5-13-34-17)23(31)27-12-11-14(2)3/h5-10,13-14,20H,4,11-12,25H2,1-3H3,(H2,26,30)(H,27,31)/t20-/m0/s1. The summed E-state index contributed by atoms with van der Waals surface area (Å²) < 4.78 is 15.0. The lowest BCUT2D eigenvalue weighted by Gasteiger charge is -2.30. The van der Waals surface area contributed by atoms with Crippen LogP contribution in [0.15, 0.2) is 47.1 Å². The summed E-state index contributed by atoms with van der Waals surface area (Å²) in [5.41, 5.74) is 11.4. The molecule has 1 aromatic carbocycles. The van der Waals surface area contributed by atoms with Gasteiger partial charge in [-0.2, -0.15) is 4.37 Å². The molecule has 0 saturated heterocycles. The van der Waals surface area contributed by atoms with Crippen LogP contribution in [0.4, 0.5) is 11.4 Å². The molecule has 0 aliphatic rings. The number of nitrogen functional groups attached to an aromatic ring is 1. The number of carbonyl (C=O) groups is 3. The van der Waals surface area contributed by atoms with Crippen LogP contribution in [0.3, 0.4) is 0 Å². The van der Waals surface area contributed by atoms with Crippen molar-refractivity contribution in [3.63, 3.8) is 0 Å². The van der Waals surface area contributed by atoms with E-state index in [9.17, 15) is 14.4 Å². The van der Waals surface area contributed by atoms with Crippen molar-refractivity contribution in [1.29, 1.82) is 0 Å². The minimum atomic E-state index is -1.15. The minimum absolute atomic E-state index is 0.0146. The van der Waals surface area contributed by atoms with Gasteiger partial charge in [-0.3, -0.25) is 19.3 Å². The van der Waals surface area contributed by atoms with Crippen LogP contribution in [-0.2, 0) is 4.79 Å². The molecule has 0 bridgehead atoms. The number of hydrogen-bond donors (Lipinski definition) is 3. The zero-order valence-corrected chi connectivity index (χ0v) is 20.6. The van der Waals surface area contributed by atoms with Crippen LogP contribution < -0.4 is 26.4 Å². The molecule has 0 unspecified atom stereocenters. The van der Waals surface area contributed by atoms with Gasteiger partial charge in [0.1, 0.15) is 16.4 Å². The molecule has 0 spiro atoms. The number of aromatic nitrogens is 1. The third-order valence-corrected chi connectivity index (χ3v) is 5.99. The van der Waals surface area contributed by atoms with Crippen molar-refractivity contribution < 1.29 is 23.5 Å². The van der Waals surface area contributed by atoms with Crippen molar-refractivity contribution in [3.8, 4) is 5.75 Å². The summed E-state index contributed by atoms with van der Waals surface area (Å²) in [5.74, 6) is -0.664. The second kappa shape index (κ2) is 11.5. The van der Waals surface area contributed by atoms with E-state index in [1.54, 1.807) is 36.4 Å². The largest absolute Gasteiger partial charge is 0.494 e. The summed E-state index contributed by atoms with van der Waals surface area (Å²) in [6, 6.07) is 8.81. The third kappa shape index (κ3) is 5.99. The fourth-order valence-electron chi connectivity index (χ4n) is 3.39. The molecule has 3 rings (SSSR count). The van der Waals surface area contributed by atoms with Gasteiger partial charge in [0.25, 0.3) is 17.7 Å². The Labute approximate surface area is 207 Å². The molecule has 0 radical (unpaired) electrons. The lowest BCUT2D eigenvalue weighted by molar-refractivity contribution is -0.122. The molecule has 3 aromatic rings. The second-order valence-corrected chi connectivity index (χ2v) is 8.91. The van der Waals surface area contributed by atoms with Crippen LogP contribution in [0.5, 0.6) is 5.75 Å². The van der Waals surface area contributed by atoms with Crippen LogP contribution in [-0.4, -0.2) is 35.2 Å². The smallest absolute Gasteiger partial charge is 0.273 e. The van der Waals surface area contributed by atoms with Gasteiger partial charge in [-0.1, -0.05) is 13.8 Å². The Hall–Kier alpha value is -3.86. The van der Waals surface area contributed by atoms with Gasteiger partial charge in [-0.25, -0.2) is 0 Å². The maximum Gasteiger partial charge on any atom is 0.273 e. The van der Waals surface area contributed by atoms with Crippen molar-refractivity contribution in [2.45, 2.75) is 33.2 Å². The van der Waals surface area contributed by atoms with E-state index < -0.39 is 23.8 Å². The van der Waals surface area contributed by atoms with Gasteiger partial charge < -0.3 is 25.9 Å². The highest BCUT2D eigenvalue weighted by atomic mass is 32.1. The average molecular weight is 500 g/mol. The lowest BCUT2D eigenvalue weighted by Crippen LogP contribution is -2.44. The van der Waals surface area contributed by atoms with Gasteiger partial charge in [0, 0.05) is 12.2 Å². The molecule has 2 heterocycles. The Kier molecular flexibility index (Phi) is 8.48. The number of ether oxygens (including phenoxy) is 1. The van der Waals surface area contributed by atoms with Gasteiger partial charge in [-0.05, 0) is 67.2 Å². The highest BCUT2D eigenvalue weighted by Crippen LogP contribution is 2.34. The minimum Gasteiger partial charge on any atom is -0.494 e. The zero-order chi connectivity index (χ0) is 25.5. The predicted molar refractivity (Wildman–Crippen MR) is 133 cm³/mol. The number of amides is 3. The molecule has 0 aliphatic heterocycles. The molecular formula is C24H29N5O5S. The van der Waals surface area contributed by atoms with E-state index in [2.05, 4.69) is 23.5 Å². The number of anilines is 2. The molecule has 11 heteroatoms. The number of rotatable bonds is 11. The first-order valence-corrected chi connectivity index (χ1v) is 11.9. The molecule has 0 saturated carbocycles. The molecule has 5 N–H and O–H groups in total. The molecule has 3 amide bonds. The average Bonchev–Trinajstić information content (AvgIpc) is 3.47. The summed E-state index contributed by atoms with van der Waals surface area (Å²) in [6.45, 7) is 6.86. The van der Waals surface area contributed by atoms with Gasteiger partial charge in [0.05, 0.1) is 18.6 Å². The number of benzene rings is 1. The van der Waals surface area contributed by atoms with E-state index in [0.29, 0.717) is 30.5 Å². The molecule has 2 aromatic heterocycles. The van der Waals surface area contributed by atoms with Crippen LogP contribution in [0.2, 0.25) is 0 Å². The first-order chi connectivity index (χ1) is 16.7. The van der Waals surface area contributed by atoms with Gasteiger partial charge in [0.2, 0.25) is 0 Å². The summed E-state index contributed by atoms with van der Waals surface area (Å²) in [7, 11) is 0. The maximum atomic E-state index is 13.8. The topological polar surface area (TPSA) is 154 Å². The summed E-state index contributed by atoms with van der Waals surface area (Å²) in [6.07, 6.45) is 2.19. The third-order valence-electron chi connectivity index (χ3n) is 5.14. The van der Waals surface area contributed by atoms with Crippen LogP contribution in [0, 0.1) is 5.92 Å². The normalized spacial score (nSPS) is 11.8. The molecule has 0 aliphatic carbocycles. The van der Waals surface area contributed by atoms with Crippen molar-refractivity contribution in [3.05, 3.63) is 59.0 Å². The van der Waals surface area contributed by atoms with Gasteiger partial charge in [0.15, 0.2) is 11.7 Å². The van der Waals surface area contributed by atoms with E-state index in [1.165, 1.54) is 11.2 Å². The molecule has 1 atom stereocenters. The number of primary amides is 1. The Bertz CT molecular complexity index is 1160. The van der Waals surface area contributed by atoms with E-state index in [4.69, 9.17) is 20.6 Å². The van der Waals surface area contributed by atoms with Crippen LogP contribution in [0.1, 0.15) is 59.2 Å². The van der Waals surface area contributed by atoms with Gasteiger partial charge in [-0.15, -0.1) is 0 Å². The molecular weight excluding hydrogens is 470 g/mol. The summed E-state index contributed by atoms with van der Waals surface area (Å²) >= 11 is 0.741. The van der Waals surface area contributed by atoms with Crippen molar-refractivity contribution in [2.75, 3.05) is 23.8 Å². The molecule has 0 fully saturated rings. The van der Waals surface area contributed by atoms with E-state index in [-0.39, 0.29) is 22.0 Å². The van der Waals surface area contributed by atoms with Gasteiger partial charge >= 0.3 is 0 Å². The summed E-state index contributed by atoms with van der Waals surface area (Å²) in [5, 5.41) is 2.89. The fraction of sp³-hybridized carbons (Fsp3) is 0.333. The number of nitrogens with one attached hydrogen (secondary N) is 1. The highest BCUT2D eigenvalue weighted by molar-refractivity contribution is 7.09. The lowest BCUT2D eigenvalue weighted by atomic mass is 10.1. The van der Waals surface area contributed by atoms with Crippen LogP contribution >= 0.6 is 11.5 Å². The monoisotopic (exact) mass is 499 g/mol. The van der Waals surface area contributed by atoms with Crippen molar-refractivity contribution in [2.24, 2.45) is 11.7 Å². The fourth-order valence-corrected chi connectivity index (χ4v) is 4.14. The Morgan fingerprint density at radius 2 is 1.91 bits per heavy atom. The van der Waals surface area contributed by atoms with Crippen LogP contribution in [0.25, 0.3) is 0 Å². The second-order valence-electron chi connectivity index (χ2n) is 8.13. The molecule has 186 valence electrons. The SMILES string of the molecule is CCOc1ccc(N(C(=O)c2snc(C(N)=O)c2N)[C@H](C(=O)NCCC(C)C)c2ccco2)cc1. The van der Waals surface area contributed by atoms with E-state index >= 15 is 0 Å². The first-order valence-electron chi connectivity index (χ1n) is 11.2. The Morgan fingerprint density at radius 3 is 2.46 bits per heavy atom. The van der Waals surface area contributed by atoms with E-state index in [0.717, 1.165) is 18.0 Å². The van der Waals surface area contributed by atoms with E-state index in [1.807, 2.05) is 6.92 Å². The summed E-state index contributed by atoms with van der Waals surface area (Å²) in [4.78, 5) is 40.2.